The molecule has 0 aliphatic carbocycles. The maximum absolute atomic E-state index is 10.4. The average Bonchev–Trinajstić information content (AvgIpc) is 1.62. The Bertz CT molecular complexity index is 109. The zero-order valence-corrected chi connectivity index (χ0v) is 9.36. The van der Waals surface area contributed by atoms with E-state index in [0.29, 0.717) is 0 Å². The van der Waals surface area contributed by atoms with E-state index in [1.165, 1.54) is 7.05 Å². The third-order valence-corrected chi connectivity index (χ3v) is 0.576. The van der Waals surface area contributed by atoms with Crippen LogP contribution in [-0.4, -0.2) is 18.7 Å². The van der Waals surface area contributed by atoms with Crippen LogP contribution < -0.4 is 0 Å². The Morgan fingerprint density at radius 3 is 1.90 bits per heavy atom. The molecule has 0 rings (SSSR count). The minimum absolute atomic E-state index is 0. The van der Waals surface area contributed by atoms with Gasteiger partial charge in [-0.2, -0.15) is 0 Å². The van der Waals surface area contributed by atoms with Crippen molar-refractivity contribution in [2.24, 2.45) is 0 Å². The van der Waals surface area contributed by atoms with E-state index in [0.717, 1.165) is 0 Å². The Morgan fingerprint density at radius 1 is 1.40 bits per heavy atom. The minimum atomic E-state index is -0.512. The van der Waals surface area contributed by atoms with Crippen LogP contribution in [0, 0.1) is 0 Å². The van der Waals surface area contributed by atoms with Crippen molar-refractivity contribution >= 4 is 6.09 Å². The van der Waals surface area contributed by atoms with Crippen molar-refractivity contribution in [3.05, 3.63) is 5.32 Å². The summed E-state index contributed by atoms with van der Waals surface area (Å²) >= 11 is 0. The smallest absolute Gasteiger partial charge is 0.229 e. The standard InChI is InChI=1S/C6H13NO2.Re/c1-6(2,3)9-5(8)7-4;/h1-4H3,(H,7,8);/p-1. The van der Waals surface area contributed by atoms with E-state index < -0.39 is 11.7 Å². The van der Waals surface area contributed by atoms with Crippen molar-refractivity contribution in [3.8, 4) is 0 Å². The molecule has 0 atom stereocenters. The van der Waals surface area contributed by atoms with E-state index in [1.807, 2.05) is 0 Å². The number of rotatable bonds is 0. The first kappa shape index (κ1) is 12.6. The van der Waals surface area contributed by atoms with Crippen LogP contribution in [0.4, 0.5) is 4.79 Å². The van der Waals surface area contributed by atoms with E-state index in [2.05, 4.69) is 5.32 Å². The van der Waals surface area contributed by atoms with Crippen molar-refractivity contribution in [1.29, 1.82) is 0 Å². The first-order chi connectivity index (χ1) is 3.95. The second-order valence-corrected chi connectivity index (χ2v) is 2.70. The van der Waals surface area contributed by atoms with Crippen LogP contribution in [0.3, 0.4) is 0 Å². The molecule has 0 fully saturated rings. The van der Waals surface area contributed by atoms with Crippen LogP contribution in [0.2, 0.25) is 0 Å². The Kier molecular flexibility index (Phi) is 5.92. The van der Waals surface area contributed by atoms with Gasteiger partial charge in [0.05, 0.1) is 0 Å². The third-order valence-electron chi connectivity index (χ3n) is 0.576. The van der Waals surface area contributed by atoms with Crippen LogP contribution in [0.25, 0.3) is 5.32 Å². The number of nitrogens with zero attached hydrogens (tertiary/aromatic N) is 1. The van der Waals surface area contributed by atoms with E-state index in [1.54, 1.807) is 20.8 Å². The van der Waals surface area contributed by atoms with Crippen molar-refractivity contribution in [3.63, 3.8) is 0 Å². The summed E-state index contributed by atoms with van der Waals surface area (Å²) in [6, 6.07) is 0. The average molecular weight is 316 g/mol. The Labute approximate surface area is 75.2 Å². The molecule has 3 nitrogen and oxygen atoms in total. The van der Waals surface area contributed by atoms with Crippen LogP contribution >= 0.6 is 0 Å². The number of ether oxygens (including phenoxy) is 1. The fourth-order valence-electron chi connectivity index (χ4n) is 0.308. The summed E-state index contributed by atoms with van der Waals surface area (Å²) < 4.78 is 4.78. The molecule has 0 heterocycles. The van der Waals surface area contributed by atoms with Gasteiger partial charge in [0.2, 0.25) is 6.09 Å². The van der Waals surface area contributed by atoms with Gasteiger partial charge in [-0.25, -0.2) is 0 Å². The zero-order valence-electron chi connectivity index (χ0n) is 6.64. The van der Waals surface area contributed by atoms with Crippen molar-refractivity contribution in [1.82, 2.24) is 0 Å². The number of hydrogen-bond acceptors (Lipinski definition) is 2. The quantitative estimate of drug-likeness (QED) is 0.685. The summed E-state index contributed by atoms with van der Waals surface area (Å²) in [5.41, 5.74) is -0.420. The van der Waals surface area contributed by atoms with Gasteiger partial charge in [0.25, 0.3) is 0 Å². The topological polar surface area (TPSA) is 40.4 Å². The monoisotopic (exact) mass is 317 g/mol. The molecule has 0 aromatic carbocycles. The molecule has 0 bridgehead atoms. The first-order valence-electron chi connectivity index (χ1n) is 2.78. The number of amides is 1. The summed E-state index contributed by atoms with van der Waals surface area (Å²) in [4.78, 5) is 10.4. The van der Waals surface area contributed by atoms with Gasteiger partial charge in [-0.15, -0.1) is 7.05 Å². The molecule has 0 N–H and O–H groups in total. The van der Waals surface area contributed by atoms with Gasteiger partial charge >= 0.3 is 0 Å². The van der Waals surface area contributed by atoms with Gasteiger partial charge in [-0.05, 0) is 20.8 Å². The Morgan fingerprint density at radius 2 is 1.80 bits per heavy atom. The fraction of sp³-hybridized carbons (Fsp3) is 0.833. The van der Waals surface area contributed by atoms with Crippen LogP contribution in [0.5, 0.6) is 0 Å². The number of carbonyl (C=O) groups is 1. The Balaban J connectivity index is 0. The molecule has 10 heavy (non-hydrogen) atoms. The maximum atomic E-state index is 10.4. The minimum Gasteiger partial charge on any atom is -0.620 e. The SMILES string of the molecule is C[N-]C(=O)OC(C)(C)C.[Re]. The predicted molar refractivity (Wildman–Crippen MR) is 35.5 cm³/mol. The molecule has 61 valence electrons. The van der Waals surface area contributed by atoms with Gasteiger partial charge in [0.1, 0.15) is 5.60 Å². The summed E-state index contributed by atoms with van der Waals surface area (Å²) in [6.45, 7) is 5.40. The zero-order chi connectivity index (χ0) is 7.49. The molecule has 0 saturated heterocycles. The molecular weight excluding hydrogens is 304 g/mol. The third kappa shape index (κ3) is 7.93. The van der Waals surface area contributed by atoms with Crippen molar-refractivity contribution in [2.45, 2.75) is 26.4 Å². The summed E-state index contributed by atoms with van der Waals surface area (Å²) in [5, 5.41) is 3.31. The second kappa shape index (κ2) is 4.70. The van der Waals surface area contributed by atoms with Crippen molar-refractivity contribution in [2.75, 3.05) is 7.05 Å². The molecule has 0 aliphatic heterocycles. The number of carbonyl (C=O) groups excluding carboxylic acids is 1. The molecule has 0 aromatic rings. The maximum Gasteiger partial charge on any atom is 0.229 e. The molecule has 0 aromatic heterocycles. The second-order valence-electron chi connectivity index (χ2n) is 2.70. The predicted octanol–water partition coefficient (Wildman–Crippen LogP) is 1.92. The van der Waals surface area contributed by atoms with E-state index >= 15 is 0 Å². The van der Waals surface area contributed by atoms with Gasteiger partial charge in [0.15, 0.2) is 0 Å². The molecule has 4 heteroatoms. The molecular formula is C6H12NO2Re-. The van der Waals surface area contributed by atoms with Crippen LogP contribution in [0.15, 0.2) is 0 Å². The summed E-state index contributed by atoms with van der Waals surface area (Å²) in [6.07, 6.45) is -0.512. The van der Waals surface area contributed by atoms with Gasteiger partial charge < -0.3 is 10.1 Å². The largest absolute Gasteiger partial charge is 0.620 e. The normalized spacial score (nSPS) is 9.60. The first-order valence-corrected chi connectivity index (χ1v) is 2.78. The molecule has 0 spiro atoms. The molecule has 0 unspecified atom stereocenters. The van der Waals surface area contributed by atoms with Gasteiger partial charge in [-0.3, -0.25) is 4.79 Å². The van der Waals surface area contributed by atoms with E-state index in [9.17, 15) is 4.79 Å². The number of hydrogen-bond donors (Lipinski definition) is 0. The van der Waals surface area contributed by atoms with E-state index in [-0.39, 0.29) is 20.4 Å². The van der Waals surface area contributed by atoms with Gasteiger partial charge in [-0.1, -0.05) is 0 Å². The molecule has 1 amide bonds. The Hall–Kier alpha value is -0.0677. The molecule has 0 aliphatic rings. The summed E-state index contributed by atoms with van der Waals surface area (Å²) in [7, 11) is 1.41. The molecule has 0 saturated carbocycles. The van der Waals surface area contributed by atoms with Crippen LogP contribution in [-0.2, 0) is 25.2 Å². The summed E-state index contributed by atoms with van der Waals surface area (Å²) in [5.74, 6) is 0. The molecule has 1 radical (unpaired) electrons. The van der Waals surface area contributed by atoms with Crippen molar-refractivity contribution < 1.29 is 30.0 Å². The fourth-order valence-corrected chi connectivity index (χ4v) is 0.308. The van der Waals surface area contributed by atoms with Gasteiger partial charge in [0, 0.05) is 20.4 Å². The van der Waals surface area contributed by atoms with Crippen LogP contribution in [0.1, 0.15) is 20.8 Å². The van der Waals surface area contributed by atoms with E-state index in [4.69, 9.17) is 4.74 Å².